The SMILES string of the molecule is COC(=O)c1ccc(/C=C2/SC(=O)N(CNc3cc(Cl)ccc3Cl)C2=O)cc1. The molecule has 0 saturated carbocycles. The molecule has 2 aromatic carbocycles. The van der Waals surface area contributed by atoms with Gasteiger partial charge in [0, 0.05) is 5.02 Å². The molecular formula is C19H14Cl2N2O4S. The molecule has 0 bridgehead atoms. The van der Waals surface area contributed by atoms with Gasteiger partial charge in [-0.05, 0) is 53.7 Å². The molecule has 6 nitrogen and oxygen atoms in total. The lowest BCUT2D eigenvalue weighted by Gasteiger charge is -2.15. The van der Waals surface area contributed by atoms with Gasteiger partial charge in [-0.2, -0.15) is 0 Å². The Balaban J connectivity index is 1.71. The van der Waals surface area contributed by atoms with Gasteiger partial charge in [0.2, 0.25) is 0 Å². The highest BCUT2D eigenvalue weighted by atomic mass is 35.5. The number of hydrogen-bond donors (Lipinski definition) is 1. The summed E-state index contributed by atoms with van der Waals surface area (Å²) >= 11 is 12.9. The first-order valence-corrected chi connectivity index (χ1v) is 9.59. The summed E-state index contributed by atoms with van der Waals surface area (Å²) in [5.41, 5.74) is 1.61. The van der Waals surface area contributed by atoms with Crippen LogP contribution in [0.5, 0.6) is 0 Å². The number of nitrogens with one attached hydrogen (secondary N) is 1. The van der Waals surface area contributed by atoms with Crippen molar-refractivity contribution in [3.8, 4) is 0 Å². The third-order valence-corrected chi connectivity index (χ3v) is 5.33. The van der Waals surface area contributed by atoms with Crippen LogP contribution >= 0.6 is 35.0 Å². The Hall–Kier alpha value is -2.48. The maximum atomic E-state index is 12.6. The molecular weight excluding hydrogens is 423 g/mol. The molecule has 2 aromatic rings. The van der Waals surface area contributed by atoms with E-state index < -0.39 is 17.1 Å². The van der Waals surface area contributed by atoms with Gasteiger partial charge in [0.25, 0.3) is 11.1 Å². The van der Waals surface area contributed by atoms with E-state index in [0.717, 1.165) is 16.7 Å². The number of anilines is 1. The molecule has 0 aromatic heterocycles. The second kappa shape index (κ2) is 8.68. The number of nitrogens with zero attached hydrogens (tertiary/aromatic N) is 1. The van der Waals surface area contributed by atoms with Crippen LogP contribution in [0.15, 0.2) is 47.4 Å². The van der Waals surface area contributed by atoms with E-state index in [4.69, 9.17) is 23.2 Å². The van der Waals surface area contributed by atoms with E-state index >= 15 is 0 Å². The van der Waals surface area contributed by atoms with Crippen molar-refractivity contribution >= 4 is 63.8 Å². The molecule has 144 valence electrons. The Labute approximate surface area is 175 Å². The van der Waals surface area contributed by atoms with E-state index in [1.807, 2.05) is 0 Å². The van der Waals surface area contributed by atoms with Crippen LogP contribution < -0.4 is 5.32 Å². The fourth-order valence-corrected chi connectivity index (χ4v) is 3.61. The van der Waals surface area contributed by atoms with Gasteiger partial charge in [-0.3, -0.25) is 14.5 Å². The summed E-state index contributed by atoms with van der Waals surface area (Å²) in [5, 5.41) is 3.46. The van der Waals surface area contributed by atoms with Crippen molar-refractivity contribution in [3.63, 3.8) is 0 Å². The van der Waals surface area contributed by atoms with E-state index in [-0.39, 0.29) is 11.6 Å². The van der Waals surface area contributed by atoms with Gasteiger partial charge in [0.05, 0.1) is 35.0 Å². The van der Waals surface area contributed by atoms with Gasteiger partial charge < -0.3 is 10.1 Å². The lowest BCUT2D eigenvalue weighted by molar-refractivity contribution is -0.122. The molecule has 1 saturated heterocycles. The highest BCUT2D eigenvalue weighted by Gasteiger charge is 2.34. The number of carbonyl (C=O) groups is 3. The molecule has 3 rings (SSSR count). The largest absolute Gasteiger partial charge is 0.465 e. The molecule has 0 radical (unpaired) electrons. The third kappa shape index (κ3) is 4.49. The van der Waals surface area contributed by atoms with Crippen LogP contribution in [-0.4, -0.2) is 35.8 Å². The van der Waals surface area contributed by atoms with E-state index in [2.05, 4.69) is 10.1 Å². The van der Waals surface area contributed by atoms with E-state index in [0.29, 0.717) is 26.9 Å². The van der Waals surface area contributed by atoms with Crippen LogP contribution in [0.4, 0.5) is 10.5 Å². The van der Waals surface area contributed by atoms with Crippen molar-refractivity contribution in [1.82, 2.24) is 4.90 Å². The zero-order chi connectivity index (χ0) is 20.3. The number of imide groups is 1. The number of benzene rings is 2. The maximum absolute atomic E-state index is 12.6. The molecule has 1 aliphatic heterocycles. The summed E-state index contributed by atoms with van der Waals surface area (Å²) in [5.74, 6) is -0.865. The smallest absolute Gasteiger partial charge is 0.337 e. The van der Waals surface area contributed by atoms with Crippen molar-refractivity contribution in [3.05, 3.63) is 68.5 Å². The summed E-state index contributed by atoms with van der Waals surface area (Å²) in [6.45, 7) is -0.0383. The molecule has 28 heavy (non-hydrogen) atoms. The molecule has 0 atom stereocenters. The predicted molar refractivity (Wildman–Crippen MR) is 111 cm³/mol. The van der Waals surface area contributed by atoms with Crippen molar-refractivity contribution in [2.24, 2.45) is 0 Å². The van der Waals surface area contributed by atoms with Gasteiger partial charge in [0.15, 0.2) is 0 Å². The molecule has 1 N–H and O–H groups in total. The molecule has 1 fully saturated rings. The molecule has 9 heteroatoms. The summed E-state index contributed by atoms with van der Waals surface area (Å²) in [6.07, 6.45) is 1.60. The second-order valence-corrected chi connectivity index (χ2v) is 7.52. The van der Waals surface area contributed by atoms with Crippen molar-refractivity contribution in [2.75, 3.05) is 19.1 Å². The molecule has 0 spiro atoms. The van der Waals surface area contributed by atoms with Crippen LogP contribution in [-0.2, 0) is 9.53 Å². The summed E-state index contributed by atoms with van der Waals surface area (Å²) in [4.78, 5) is 37.6. The number of amides is 2. The van der Waals surface area contributed by atoms with Gasteiger partial charge in [-0.25, -0.2) is 4.79 Å². The molecule has 0 unspecified atom stereocenters. The number of hydrogen-bond acceptors (Lipinski definition) is 6. The zero-order valence-electron chi connectivity index (χ0n) is 14.6. The van der Waals surface area contributed by atoms with Crippen molar-refractivity contribution in [2.45, 2.75) is 0 Å². The minimum Gasteiger partial charge on any atom is -0.465 e. The number of halogens is 2. The monoisotopic (exact) mass is 436 g/mol. The first-order valence-electron chi connectivity index (χ1n) is 8.01. The van der Waals surface area contributed by atoms with Crippen LogP contribution in [0.3, 0.4) is 0 Å². The fraction of sp³-hybridized carbons (Fsp3) is 0.105. The van der Waals surface area contributed by atoms with Crippen LogP contribution in [0.2, 0.25) is 10.0 Å². The average Bonchev–Trinajstić information content (AvgIpc) is 2.95. The van der Waals surface area contributed by atoms with Gasteiger partial charge in [-0.1, -0.05) is 35.3 Å². The van der Waals surface area contributed by atoms with Crippen molar-refractivity contribution < 1.29 is 19.1 Å². The maximum Gasteiger partial charge on any atom is 0.337 e. The lowest BCUT2D eigenvalue weighted by Crippen LogP contribution is -2.33. The topological polar surface area (TPSA) is 75.7 Å². The number of carbonyl (C=O) groups excluding carboxylic acids is 3. The standard InChI is InChI=1S/C19H14Cl2N2O4S/c1-27-18(25)12-4-2-11(3-5-12)8-16-17(24)23(19(26)28-16)10-22-15-9-13(20)6-7-14(15)21/h2-9,22H,10H2,1H3/b16-8+. The Morgan fingerprint density at radius 1 is 1.18 bits per heavy atom. The summed E-state index contributed by atoms with van der Waals surface area (Å²) < 4.78 is 4.65. The van der Waals surface area contributed by atoms with Crippen LogP contribution in [0.25, 0.3) is 6.08 Å². The minimum absolute atomic E-state index is 0.0383. The zero-order valence-corrected chi connectivity index (χ0v) is 16.9. The molecule has 1 aliphatic rings. The molecule has 0 aliphatic carbocycles. The lowest BCUT2D eigenvalue weighted by atomic mass is 10.1. The highest BCUT2D eigenvalue weighted by molar-refractivity contribution is 8.18. The number of ether oxygens (including phenoxy) is 1. The molecule has 1 heterocycles. The van der Waals surface area contributed by atoms with Crippen molar-refractivity contribution in [1.29, 1.82) is 0 Å². The van der Waals surface area contributed by atoms with Crippen LogP contribution in [0.1, 0.15) is 15.9 Å². The van der Waals surface area contributed by atoms with Crippen LogP contribution in [0, 0.1) is 0 Å². The number of thioether (sulfide) groups is 1. The van der Waals surface area contributed by atoms with Gasteiger partial charge in [0.1, 0.15) is 0 Å². The average molecular weight is 437 g/mol. The fourth-order valence-electron chi connectivity index (χ4n) is 2.42. The van der Waals surface area contributed by atoms with E-state index in [1.54, 1.807) is 48.5 Å². The first-order chi connectivity index (χ1) is 13.4. The van der Waals surface area contributed by atoms with Gasteiger partial charge in [-0.15, -0.1) is 0 Å². The Morgan fingerprint density at radius 2 is 1.89 bits per heavy atom. The van der Waals surface area contributed by atoms with Gasteiger partial charge >= 0.3 is 5.97 Å². The summed E-state index contributed by atoms with van der Waals surface area (Å²) in [7, 11) is 1.30. The summed E-state index contributed by atoms with van der Waals surface area (Å²) in [6, 6.07) is 11.4. The molecule has 2 amide bonds. The highest BCUT2D eigenvalue weighted by Crippen LogP contribution is 2.33. The number of methoxy groups -OCH3 is 1. The second-order valence-electron chi connectivity index (χ2n) is 5.68. The van der Waals surface area contributed by atoms with E-state index in [1.165, 1.54) is 7.11 Å². The van der Waals surface area contributed by atoms with E-state index in [9.17, 15) is 14.4 Å². The first kappa shape index (κ1) is 20.3. The Kier molecular flexibility index (Phi) is 6.28. The quantitative estimate of drug-likeness (QED) is 0.531. The third-order valence-electron chi connectivity index (χ3n) is 3.86. The Morgan fingerprint density at radius 3 is 2.57 bits per heavy atom. The normalized spacial score (nSPS) is 15.2. The number of esters is 1. The number of rotatable bonds is 5. The predicted octanol–water partition coefficient (Wildman–Crippen LogP) is 4.89. The minimum atomic E-state index is -0.447. The Bertz CT molecular complexity index is 976.